The van der Waals surface area contributed by atoms with Crippen molar-refractivity contribution in [3.05, 3.63) is 24.3 Å². The Bertz CT molecular complexity index is 542. The maximum absolute atomic E-state index is 12.4. The summed E-state index contributed by atoms with van der Waals surface area (Å²) in [4.78, 5) is 1.82. The van der Waals surface area contributed by atoms with E-state index in [9.17, 15) is 17.2 Å². The summed E-state index contributed by atoms with van der Waals surface area (Å²) >= 11 is 0. The normalized spacial score (nSPS) is 15.6. The molecule has 4 nitrogen and oxygen atoms in total. The van der Waals surface area contributed by atoms with Crippen LogP contribution < -0.4 is 10.6 Å². The Kier molecular flexibility index (Phi) is 4.59. The predicted molar refractivity (Wildman–Crippen MR) is 73.7 cm³/mol. The summed E-state index contributed by atoms with van der Waals surface area (Å²) < 4.78 is 47.6. The van der Waals surface area contributed by atoms with E-state index < -0.39 is 15.6 Å². The summed E-state index contributed by atoms with van der Waals surface area (Å²) in [6.45, 7) is 1.38. The lowest BCUT2D eigenvalue weighted by atomic mass is 10.2. The Morgan fingerprint density at radius 1 is 1.25 bits per heavy atom. The van der Waals surface area contributed by atoms with E-state index in [1.54, 1.807) is 12.1 Å². The molecule has 1 saturated carbocycles. The first-order chi connectivity index (χ1) is 9.46. The van der Waals surface area contributed by atoms with Crippen LogP contribution in [0.2, 0.25) is 0 Å². The van der Waals surface area contributed by atoms with Gasteiger partial charge in [0.15, 0.2) is 0 Å². The average molecular weight is 304 g/mol. The minimum absolute atomic E-state index is 0.342. The van der Waals surface area contributed by atoms with Crippen LogP contribution in [-0.2, 0) is 9.84 Å². The molecule has 0 aromatic heterocycles. The van der Waals surface area contributed by atoms with E-state index in [4.69, 9.17) is 5.73 Å². The third-order valence-electron chi connectivity index (χ3n) is 3.32. The molecule has 0 aliphatic heterocycles. The molecule has 0 atom stereocenters. The van der Waals surface area contributed by atoms with Crippen molar-refractivity contribution in [2.45, 2.75) is 36.0 Å². The zero-order chi connectivity index (χ0) is 14.8. The van der Waals surface area contributed by atoms with Gasteiger partial charge in [0.25, 0.3) is 0 Å². The number of nitrogens with zero attached hydrogens (tertiary/aromatic N) is 1. The second kappa shape index (κ2) is 6.05. The highest BCUT2D eigenvalue weighted by Crippen LogP contribution is 2.32. The molecule has 0 spiro atoms. The molecule has 0 unspecified atom stereocenters. The van der Waals surface area contributed by atoms with E-state index in [1.807, 2.05) is 0 Å². The van der Waals surface area contributed by atoms with Crippen LogP contribution in [-0.4, -0.2) is 33.3 Å². The number of anilines is 1. The molecule has 20 heavy (non-hydrogen) atoms. The summed E-state index contributed by atoms with van der Waals surface area (Å²) in [5, 5.41) is 0. The van der Waals surface area contributed by atoms with Crippen LogP contribution >= 0.6 is 0 Å². The van der Waals surface area contributed by atoms with Crippen LogP contribution in [0, 0.1) is 0 Å². The van der Waals surface area contributed by atoms with Gasteiger partial charge in [-0.15, -0.1) is 0 Å². The zero-order valence-corrected chi connectivity index (χ0v) is 11.8. The van der Waals surface area contributed by atoms with Crippen LogP contribution in [0.25, 0.3) is 0 Å². The van der Waals surface area contributed by atoms with Gasteiger partial charge >= 0.3 is 5.76 Å². The van der Waals surface area contributed by atoms with Gasteiger partial charge in [0.1, 0.15) is 0 Å². The smallest absolute Gasteiger partial charge is 0.341 e. The van der Waals surface area contributed by atoms with Gasteiger partial charge in [0.05, 0.1) is 4.90 Å². The molecular weight excluding hydrogens is 286 g/mol. The topological polar surface area (TPSA) is 63.4 Å². The molecule has 7 heteroatoms. The van der Waals surface area contributed by atoms with Crippen LogP contribution in [0.3, 0.4) is 0 Å². The van der Waals surface area contributed by atoms with Crippen molar-refractivity contribution in [1.29, 1.82) is 0 Å². The van der Waals surface area contributed by atoms with E-state index in [0.717, 1.165) is 31.5 Å². The Labute approximate surface area is 117 Å². The SMILES string of the molecule is NCCCN(c1ccc(S(=O)(=O)C(F)F)cc1)C1CC1. The first-order valence-electron chi connectivity index (χ1n) is 6.55. The molecule has 1 aromatic rings. The largest absolute Gasteiger partial charge is 0.368 e. The number of sulfone groups is 1. The Hall–Kier alpha value is -1.21. The molecule has 0 heterocycles. The summed E-state index contributed by atoms with van der Waals surface area (Å²) in [6.07, 6.45) is 3.04. The lowest BCUT2D eigenvalue weighted by Crippen LogP contribution is -2.28. The number of hydrogen-bond acceptors (Lipinski definition) is 4. The van der Waals surface area contributed by atoms with Crippen molar-refractivity contribution >= 4 is 15.5 Å². The number of alkyl halides is 2. The fraction of sp³-hybridized carbons (Fsp3) is 0.538. The number of hydrogen-bond donors (Lipinski definition) is 1. The molecule has 0 radical (unpaired) electrons. The van der Waals surface area contributed by atoms with Crippen LogP contribution in [0.15, 0.2) is 29.2 Å². The molecule has 1 aliphatic rings. The molecule has 2 rings (SSSR count). The van der Waals surface area contributed by atoms with Crippen molar-refractivity contribution in [3.63, 3.8) is 0 Å². The summed E-state index contributed by atoms with van der Waals surface area (Å²) in [5.74, 6) is -3.38. The molecule has 0 saturated heterocycles. The monoisotopic (exact) mass is 304 g/mol. The minimum Gasteiger partial charge on any atom is -0.368 e. The van der Waals surface area contributed by atoms with Crippen LogP contribution in [0.5, 0.6) is 0 Å². The Morgan fingerprint density at radius 3 is 2.30 bits per heavy atom. The van der Waals surface area contributed by atoms with Gasteiger partial charge in [-0.3, -0.25) is 0 Å². The zero-order valence-electron chi connectivity index (χ0n) is 11.0. The Balaban J connectivity index is 2.18. The van der Waals surface area contributed by atoms with E-state index in [0.29, 0.717) is 12.6 Å². The molecule has 1 aliphatic carbocycles. The number of nitrogens with two attached hydrogens (primary N) is 1. The first-order valence-corrected chi connectivity index (χ1v) is 8.10. The quantitative estimate of drug-likeness (QED) is 0.837. The van der Waals surface area contributed by atoms with Gasteiger partial charge in [0, 0.05) is 18.3 Å². The fourth-order valence-electron chi connectivity index (χ4n) is 2.10. The lowest BCUT2D eigenvalue weighted by Gasteiger charge is -2.24. The molecule has 1 fully saturated rings. The van der Waals surface area contributed by atoms with E-state index >= 15 is 0 Å². The molecule has 0 amide bonds. The van der Waals surface area contributed by atoms with Crippen molar-refractivity contribution in [2.24, 2.45) is 5.73 Å². The molecule has 112 valence electrons. The van der Waals surface area contributed by atoms with E-state index in [1.165, 1.54) is 12.1 Å². The first kappa shape index (κ1) is 15.2. The van der Waals surface area contributed by atoms with Crippen molar-refractivity contribution in [1.82, 2.24) is 0 Å². The minimum atomic E-state index is -4.51. The van der Waals surface area contributed by atoms with Gasteiger partial charge in [-0.05, 0) is 50.1 Å². The standard InChI is InChI=1S/C13H18F2N2O2S/c14-13(15)20(18,19)12-6-4-11(5-7-12)17(9-1-8-16)10-2-3-10/h4-7,10,13H,1-3,8-9,16H2. The third kappa shape index (κ3) is 3.27. The number of rotatable bonds is 7. The predicted octanol–water partition coefficient (Wildman–Crippen LogP) is 2.00. The van der Waals surface area contributed by atoms with Crippen molar-refractivity contribution < 1.29 is 17.2 Å². The second-order valence-electron chi connectivity index (χ2n) is 4.87. The summed E-state index contributed by atoms with van der Waals surface area (Å²) in [5.41, 5.74) is 6.36. The van der Waals surface area contributed by atoms with E-state index in [-0.39, 0.29) is 4.90 Å². The number of halogens is 2. The second-order valence-corrected chi connectivity index (χ2v) is 6.78. The fourth-order valence-corrected chi connectivity index (χ4v) is 2.82. The van der Waals surface area contributed by atoms with Crippen molar-refractivity contribution in [3.8, 4) is 0 Å². The highest BCUT2D eigenvalue weighted by Gasteiger charge is 2.30. The Morgan fingerprint density at radius 2 is 1.85 bits per heavy atom. The maximum Gasteiger partial charge on any atom is 0.341 e. The van der Waals surface area contributed by atoms with Gasteiger partial charge in [-0.25, -0.2) is 8.42 Å². The van der Waals surface area contributed by atoms with Gasteiger partial charge in [-0.1, -0.05) is 0 Å². The maximum atomic E-state index is 12.4. The highest BCUT2D eigenvalue weighted by molar-refractivity contribution is 7.91. The van der Waals surface area contributed by atoms with Crippen LogP contribution in [0.1, 0.15) is 19.3 Å². The lowest BCUT2D eigenvalue weighted by molar-refractivity contribution is 0.234. The van der Waals surface area contributed by atoms with Gasteiger partial charge in [0.2, 0.25) is 9.84 Å². The summed E-state index contributed by atoms with van der Waals surface area (Å²) in [6, 6.07) is 6.12. The van der Waals surface area contributed by atoms with Crippen LogP contribution in [0.4, 0.5) is 14.5 Å². The molecule has 1 aromatic carbocycles. The molecule has 0 bridgehead atoms. The molecular formula is C13H18F2N2O2S. The third-order valence-corrected chi connectivity index (χ3v) is 4.72. The van der Waals surface area contributed by atoms with Crippen molar-refractivity contribution in [2.75, 3.05) is 18.0 Å². The molecule has 2 N–H and O–H groups in total. The number of benzene rings is 1. The highest BCUT2D eigenvalue weighted by atomic mass is 32.2. The summed E-state index contributed by atoms with van der Waals surface area (Å²) in [7, 11) is -4.51. The average Bonchev–Trinajstić information content (AvgIpc) is 3.24. The van der Waals surface area contributed by atoms with Gasteiger partial charge in [-0.2, -0.15) is 8.78 Å². The van der Waals surface area contributed by atoms with Gasteiger partial charge < -0.3 is 10.6 Å². The van der Waals surface area contributed by atoms with E-state index in [2.05, 4.69) is 4.90 Å².